The van der Waals surface area contributed by atoms with E-state index in [1.165, 1.54) is 12.1 Å². The number of halogens is 3. The monoisotopic (exact) mass is 307 g/mol. The molecule has 0 saturated carbocycles. The molecule has 88 valence electrons. The van der Waals surface area contributed by atoms with Crippen molar-refractivity contribution in [2.75, 3.05) is 6.54 Å². The molecule has 1 atom stereocenters. The molecular formula is C11H12BrClFNO. The zero-order chi connectivity index (χ0) is 12.1. The largest absolute Gasteiger partial charge is 0.352 e. The molecule has 0 aliphatic rings. The third-order valence-corrected chi connectivity index (χ3v) is 2.71. The van der Waals surface area contributed by atoms with Crippen molar-refractivity contribution in [3.63, 3.8) is 0 Å². The van der Waals surface area contributed by atoms with Crippen LogP contribution in [0.15, 0.2) is 22.7 Å². The number of benzene rings is 1. The first kappa shape index (κ1) is 13.5. The lowest BCUT2D eigenvalue weighted by atomic mass is 10.2. The van der Waals surface area contributed by atoms with Crippen molar-refractivity contribution in [1.82, 2.24) is 5.32 Å². The molecule has 0 bridgehead atoms. The molecule has 1 aromatic carbocycles. The Labute approximate surface area is 107 Å². The van der Waals surface area contributed by atoms with Gasteiger partial charge in [-0.25, -0.2) is 4.39 Å². The maximum atomic E-state index is 13.4. The average Bonchev–Trinajstić information content (AvgIpc) is 2.16. The number of carbonyl (C=O) groups excluding carboxylic acids is 1. The number of amides is 1. The number of hydrogen-bond donors (Lipinski definition) is 1. The van der Waals surface area contributed by atoms with Gasteiger partial charge in [0, 0.05) is 16.4 Å². The van der Waals surface area contributed by atoms with Crippen molar-refractivity contribution >= 4 is 33.4 Å². The van der Waals surface area contributed by atoms with Crippen LogP contribution in [0.25, 0.3) is 0 Å². The number of rotatable bonds is 4. The smallest absolute Gasteiger partial charge is 0.254 e. The number of hydrogen-bond acceptors (Lipinski definition) is 1. The summed E-state index contributed by atoms with van der Waals surface area (Å²) in [6.07, 6.45) is 0.658. The fourth-order valence-electron chi connectivity index (χ4n) is 1.15. The van der Waals surface area contributed by atoms with Crippen molar-refractivity contribution in [2.45, 2.75) is 18.7 Å². The van der Waals surface area contributed by atoms with Gasteiger partial charge in [-0.2, -0.15) is 0 Å². The summed E-state index contributed by atoms with van der Waals surface area (Å²) in [7, 11) is 0. The van der Waals surface area contributed by atoms with Gasteiger partial charge in [-0.1, -0.05) is 15.9 Å². The standard InChI is InChI=1S/C11H12BrClFNO/c1-7(13)4-5-15-11(16)9-3-2-8(12)6-10(9)14/h2-3,6-7H,4-5H2,1H3,(H,15,16). The van der Waals surface area contributed by atoms with E-state index in [-0.39, 0.29) is 10.9 Å². The molecule has 0 fully saturated rings. The summed E-state index contributed by atoms with van der Waals surface area (Å²) in [5, 5.41) is 2.61. The van der Waals surface area contributed by atoms with Gasteiger partial charge in [0.25, 0.3) is 5.91 Å². The van der Waals surface area contributed by atoms with E-state index in [0.29, 0.717) is 17.4 Å². The molecule has 0 heterocycles. The summed E-state index contributed by atoms with van der Waals surface area (Å²) < 4.78 is 14.0. The zero-order valence-electron chi connectivity index (χ0n) is 8.77. The lowest BCUT2D eigenvalue weighted by Gasteiger charge is -2.07. The lowest BCUT2D eigenvalue weighted by Crippen LogP contribution is -2.26. The molecule has 0 radical (unpaired) electrons. The fraction of sp³-hybridized carbons (Fsp3) is 0.364. The van der Waals surface area contributed by atoms with Crippen molar-refractivity contribution in [1.29, 1.82) is 0 Å². The lowest BCUT2D eigenvalue weighted by molar-refractivity contribution is 0.0949. The summed E-state index contributed by atoms with van der Waals surface area (Å²) in [6, 6.07) is 4.33. The maximum absolute atomic E-state index is 13.4. The van der Waals surface area contributed by atoms with Crippen molar-refractivity contribution in [3.8, 4) is 0 Å². The Hall–Kier alpha value is -0.610. The van der Waals surface area contributed by atoms with Crippen molar-refractivity contribution in [2.24, 2.45) is 0 Å². The molecule has 1 unspecified atom stereocenters. The first-order valence-electron chi connectivity index (χ1n) is 4.88. The SMILES string of the molecule is CC(Cl)CCNC(=O)c1ccc(Br)cc1F. The van der Waals surface area contributed by atoms with E-state index in [4.69, 9.17) is 11.6 Å². The molecule has 0 aliphatic heterocycles. The Morgan fingerprint density at radius 3 is 2.88 bits per heavy atom. The first-order chi connectivity index (χ1) is 7.50. The second-order valence-corrected chi connectivity index (χ2v) is 5.11. The third kappa shape index (κ3) is 4.10. The normalized spacial score (nSPS) is 12.2. The minimum atomic E-state index is -0.536. The van der Waals surface area contributed by atoms with E-state index in [1.807, 2.05) is 6.92 Å². The van der Waals surface area contributed by atoms with Crippen LogP contribution >= 0.6 is 27.5 Å². The molecule has 0 aliphatic carbocycles. The van der Waals surface area contributed by atoms with Crippen LogP contribution in [0.1, 0.15) is 23.7 Å². The molecule has 2 nitrogen and oxygen atoms in total. The summed E-state index contributed by atoms with van der Waals surface area (Å²) in [5.74, 6) is -0.951. The van der Waals surface area contributed by atoms with Crippen LogP contribution in [0.5, 0.6) is 0 Å². The van der Waals surface area contributed by atoms with Gasteiger partial charge in [0.1, 0.15) is 5.82 Å². The van der Waals surface area contributed by atoms with Gasteiger partial charge >= 0.3 is 0 Å². The van der Waals surface area contributed by atoms with Gasteiger partial charge < -0.3 is 5.32 Å². The molecule has 1 aromatic rings. The summed E-state index contributed by atoms with van der Waals surface area (Å²) in [5.41, 5.74) is 0.0467. The van der Waals surface area contributed by atoms with E-state index >= 15 is 0 Å². The summed E-state index contributed by atoms with van der Waals surface area (Å²) in [6.45, 7) is 2.28. The van der Waals surface area contributed by atoms with Crippen LogP contribution in [0.3, 0.4) is 0 Å². The zero-order valence-corrected chi connectivity index (χ0v) is 11.1. The number of nitrogens with one attached hydrogen (secondary N) is 1. The molecule has 16 heavy (non-hydrogen) atoms. The highest BCUT2D eigenvalue weighted by Crippen LogP contribution is 2.15. The first-order valence-corrected chi connectivity index (χ1v) is 6.11. The Bertz CT molecular complexity index is 384. The van der Waals surface area contributed by atoms with Crippen LogP contribution in [0, 0.1) is 5.82 Å². The van der Waals surface area contributed by atoms with Crippen LogP contribution < -0.4 is 5.32 Å². The third-order valence-electron chi connectivity index (χ3n) is 2.00. The van der Waals surface area contributed by atoms with Gasteiger partial charge in [0.15, 0.2) is 0 Å². The van der Waals surface area contributed by atoms with E-state index in [2.05, 4.69) is 21.2 Å². The molecular weight excluding hydrogens is 296 g/mol. The van der Waals surface area contributed by atoms with Gasteiger partial charge in [0.2, 0.25) is 0 Å². The molecule has 0 aromatic heterocycles. The van der Waals surface area contributed by atoms with Crippen LogP contribution in [0.4, 0.5) is 4.39 Å². The van der Waals surface area contributed by atoms with Crippen molar-refractivity contribution in [3.05, 3.63) is 34.1 Å². The maximum Gasteiger partial charge on any atom is 0.254 e. The molecule has 5 heteroatoms. The van der Waals surface area contributed by atoms with E-state index in [9.17, 15) is 9.18 Å². The average molecular weight is 309 g/mol. The molecule has 1 N–H and O–H groups in total. The van der Waals surface area contributed by atoms with E-state index in [1.54, 1.807) is 6.07 Å². The second-order valence-electron chi connectivity index (χ2n) is 3.45. The minimum absolute atomic E-state index is 0.00457. The molecule has 1 amide bonds. The number of alkyl halides is 1. The van der Waals surface area contributed by atoms with E-state index < -0.39 is 11.7 Å². The van der Waals surface area contributed by atoms with Crippen LogP contribution in [0.2, 0.25) is 0 Å². The quantitative estimate of drug-likeness (QED) is 0.849. The highest BCUT2D eigenvalue weighted by atomic mass is 79.9. The fourth-order valence-corrected chi connectivity index (χ4v) is 1.60. The Morgan fingerprint density at radius 2 is 2.31 bits per heavy atom. The van der Waals surface area contributed by atoms with E-state index in [0.717, 1.165) is 0 Å². The van der Waals surface area contributed by atoms with Gasteiger partial charge in [-0.15, -0.1) is 11.6 Å². The molecule has 0 saturated heterocycles. The number of carbonyl (C=O) groups is 1. The highest BCUT2D eigenvalue weighted by Gasteiger charge is 2.11. The van der Waals surface area contributed by atoms with Gasteiger partial charge in [-0.05, 0) is 31.5 Å². The Kier molecular flexibility index (Phi) is 5.22. The minimum Gasteiger partial charge on any atom is -0.352 e. The Balaban J connectivity index is 2.59. The van der Waals surface area contributed by atoms with Gasteiger partial charge in [-0.3, -0.25) is 4.79 Å². The molecule has 0 spiro atoms. The van der Waals surface area contributed by atoms with Crippen LogP contribution in [-0.4, -0.2) is 17.8 Å². The second kappa shape index (κ2) is 6.21. The summed E-state index contributed by atoms with van der Waals surface area (Å²) >= 11 is 8.86. The highest BCUT2D eigenvalue weighted by molar-refractivity contribution is 9.10. The topological polar surface area (TPSA) is 29.1 Å². The van der Waals surface area contributed by atoms with Crippen LogP contribution in [-0.2, 0) is 0 Å². The van der Waals surface area contributed by atoms with Gasteiger partial charge in [0.05, 0.1) is 5.56 Å². The predicted molar refractivity (Wildman–Crippen MR) is 66.4 cm³/mol. The molecule has 1 rings (SSSR count). The predicted octanol–water partition coefficient (Wildman–Crippen LogP) is 3.34. The van der Waals surface area contributed by atoms with Crippen molar-refractivity contribution < 1.29 is 9.18 Å². The summed E-state index contributed by atoms with van der Waals surface area (Å²) in [4.78, 5) is 11.5. The Morgan fingerprint density at radius 1 is 1.62 bits per heavy atom.